The van der Waals surface area contributed by atoms with E-state index < -0.39 is 5.91 Å². The van der Waals surface area contributed by atoms with Crippen LogP contribution >= 0.6 is 11.6 Å². The SMILES string of the molecule is COCCOc1ccc(NC(=O)c2cncc(Cl)n2)cn1. The van der Waals surface area contributed by atoms with Gasteiger partial charge in [0.1, 0.15) is 17.5 Å². The molecule has 21 heavy (non-hydrogen) atoms. The number of nitrogens with one attached hydrogen (secondary N) is 1. The fourth-order valence-corrected chi connectivity index (χ4v) is 1.56. The first kappa shape index (κ1) is 15.1. The summed E-state index contributed by atoms with van der Waals surface area (Å²) < 4.78 is 10.2. The maximum Gasteiger partial charge on any atom is 0.275 e. The van der Waals surface area contributed by atoms with Crippen LogP contribution in [0.3, 0.4) is 0 Å². The number of ether oxygens (including phenoxy) is 2. The number of halogens is 1. The first-order valence-corrected chi connectivity index (χ1v) is 6.43. The molecule has 0 unspecified atom stereocenters. The largest absolute Gasteiger partial charge is 0.475 e. The topological polar surface area (TPSA) is 86.2 Å². The van der Waals surface area contributed by atoms with Crippen molar-refractivity contribution in [1.29, 1.82) is 0 Å². The Bertz CT molecular complexity index is 607. The van der Waals surface area contributed by atoms with Crippen molar-refractivity contribution in [2.75, 3.05) is 25.6 Å². The van der Waals surface area contributed by atoms with E-state index in [1.165, 1.54) is 18.6 Å². The molecule has 1 N–H and O–H groups in total. The van der Waals surface area contributed by atoms with Crippen LogP contribution in [0.4, 0.5) is 5.69 Å². The average molecular weight is 309 g/mol. The average Bonchev–Trinajstić information content (AvgIpc) is 2.49. The van der Waals surface area contributed by atoms with Crippen LogP contribution in [0.15, 0.2) is 30.7 Å². The van der Waals surface area contributed by atoms with E-state index in [1.807, 2.05) is 0 Å². The second-order valence-corrected chi connectivity index (χ2v) is 4.29. The van der Waals surface area contributed by atoms with Gasteiger partial charge in [-0.05, 0) is 6.07 Å². The predicted molar refractivity (Wildman–Crippen MR) is 76.6 cm³/mol. The van der Waals surface area contributed by atoms with Crippen molar-refractivity contribution in [3.8, 4) is 5.88 Å². The molecule has 0 spiro atoms. The number of anilines is 1. The van der Waals surface area contributed by atoms with E-state index in [2.05, 4.69) is 20.3 Å². The van der Waals surface area contributed by atoms with Gasteiger partial charge in [0.25, 0.3) is 5.91 Å². The Hall–Kier alpha value is -2.25. The quantitative estimate of drug-likeness (QED) is 0.819. The van der Waals surface area contributed by atoms with Crippen LogP contribution in [-0.4, -0.2) is 41.2 Å². The smallest absolute Gasteiger partial charge is 0.275 e. The third-order valence-corrected chi connectivity index (χ3v) is 2.55. The van der Waals surface area contributed by atoms with Crippen molar-refractivity contribution < 1.29 is 14.3 Å². The fourth-order valence-electron chi connectivity index (χ4n) is 1.42. The highest BCUT2D eigenvalue weighted by molar-refractivity contribution is 6.29. The van der Waals surface area contributed by atoms with Gasteiger partial charge in [-0.3, -0.25) is 9.78 Å². The number of hydrogen-bond acceptors (Lipinski definition) is 6. The van der Waals surface area contributed by atoms with E-state index in [0.29, 0.717) is 24.8 Å². The summed E-state index contributed by atoms with van der Waals surface area (Å²) in [5.41, 5.74) is 0.642. The normalized spacial score (nSPS) is 10.2. The van der Waals surface area contributed by atoms with E-state index in [0.717, 1.165) is 0 Å². The lowest BCUT2D eigenvalue weighted by Gasteiger charge is -2.06. The van der Waals surface area contributed by atoms with Crippen LogP contribution in [0.1, 0.15) is 10.5 Å². The number of carbonyl (C=O) groups is 1. The Labute approximate surface area is 126 Å². The van der Waals surface area contributed by atoms with Gasteiger partial charge in [0, 0.05) is 13.2 Å². The first-order valence-electron chi connectivity index (χ1n) is 6.05. The molecule has 0 aliphatic carbocycles. The summed E-state index contributed by atoms with van der Waals surface area (Å²) in [6.45, 7) is 0.890. The Morgan fingerprint density at radius 1 is 1.29 bits per heavy atom. The van der Waals surface area contributed by atoms with Gasteiger partial charge < -0.3 is 14.8 Å². The van der Waals surface area contributed by atoms with Crippen LogP contribution in [-0.2, 0) is 4.74 Å². The zero-order valence-corrected chi connectivity index (χ0v) is 12.0. The van der Waals surface area contributed by atoms with Gasteiger partial charge in [0.15, 0.2) is 0 Å². The molecule has 8 heteroatoms. The predicted octanol–water partition coefficient (Wildman–Crippen LogP) is 1.80. The Morgan fingerprint density at radius 3 is 2.81 bits per heavy atom. The van der Waals surface area contributed by atoms with Gasteiger partial charge in [-0.15, -0.1) is 0 Å². The van der Waals surface area contributed by atoms with Crippen molar-refractivity contribution in [3.05, 3.63) is 41.6 Å². The Kier molecular flexibility index (Phi) is 5.42. The highest BCUT2D eigenvalue weighted by atomic mass is 35.5. The molecule has 2 heterocycles. The number of aromatic nitrogens is 3. The van der Waals surface area contributed by atoms with Crippen molar-refractivity contribution in [2.45, 2.75) is 0 Å². The van der Waals surface area contributed by atoms with Crippen LogP contribution in [0, 0.1) is 0 Å². The van der Waals surface area contributed by atoms with E-state index in [1.54, 1.807) is 19.2 Å². The van der Waals surface area contributed by atoms with E-state index in [4.69, 9.17) is 21.1 Å². The molecular weight excluding hydrogens is 296 g/mol. The monoisotopic (exact) mass is 308 g/mol. The van der Waals surface area contributed by atoms with Crippen molar-refractivity contribution in [3.63, 3.8) is 0 Å². The lowest BCUT2D eigenvalue weighted by Crippen LogP contribution is -2.14. The van der Waals surface area contributed by atoms with Gasteiger partial charge in [-0.25, -0.2) is 9.97 Å². The van der Waals surface area contributed by atoms with E-state index in [-0.39, 0.29) is 10.8 Å². The molecule has 2 aromatic rings. The molecule has 2 aromatic heterocycles. The molecule has 0 bridgehead atoms. The molecule has 7 nitrogen and oxygen atoms in total. The lowest BCUT2D eigenvalue weighted by atomic mass is 10.3. The highest BCUT2D eigenvalue weighted by Crippen LogP contribution is 2.12. The summed E-state index contributed by atoms with van der Waals surface area (Å²) >= 11 is 5.68. The van der Waals surface area contributed by atoms with Crippen LogP contribution in [0.2, 0.25) is 5.15 Å². The number of hydrogen-bond donors (Lipinski definition) is 1. The number of amides is 1. The molecule has 0 aliphatic heterocycles. The molecule has 0 aliphatic rings. The maximum absolute atomic E-state index is 11.9. The van der Waals surface area contributed by atoms with Gasteiger partial charge in [0.2, 0.25) is 5.88 Å². The molecule has 0 radical (unpaired) electrons. The molecule has 0 saturated heterocycles. The van der Waals surface area contributed by atoms with Crippen LogP contribution in [0.5, 0.6) is 5.88 Å². The number of methoxy groups -OCH3 is 1. The summed E-state index contributed by atoms with van der Waals surface area (Å²) in [4.78, 5) is 23.6. The molecule has 0 aromatic carbocycles. The third kappa shape index (κ3) is 4.66. The fraction of sp³-hybridized carbons (Fsp3) is 0.231. The van der Waals surface area contributed by atoms with Gasteiger partial charge >= 0.3 is 0 Å². The van der Waals surface area contributed by atoms with Crippen molar-refractivity contribution in [2.24, 2.45) is 0 Å². The Balaban J connectivity index is 1.95. The standard InChI is InChI=1S/C13H13ClN4O3/c1-20-4-5-21-12-3-2-9(6-16-12)17-13(19)10-7-15-8-11(14)18-10/h2-3,6-8H,4-5H2,1H3,(H,17,19). The second kappa shape index (κ2) is 7.51. The summed E-state index contributed by atoms with van der Waals surface area (Å²) in [6, 6.07) is 3.32. The number of rotatable bonds is 6. The minimum absolute atomic E-state index is 0.128. The van der Waals surface area contributed by atoms with Crippen LogP contribution < -0.4 is 10.1 Å². The second-order valence-electron chi connectivity index (χ2n) is 3.91. The third-order valence-electron chi connectivity index (χ3n) is 2.37. The molecule has 110 valence electrons. The van der Waals surface area contributed by atoms with Crippen molar-refractivity contribution >= 4 is 23.2 Å². The van der Waals surface area contributed by atoms with E-state index >= 15 is 0 Å². The van der Waals surface area contributed by atoms with Gasteiger partial charge in [0.05, 0.1) is 30.9 Å². The minimum atomic E-state index is -0.417. The molecule has 0 saturated carbocycles. The summed E-state index contributed by atoms with van der Waals surface area (Å²) in [5.74, 6) is 0.0347. The minimum Gasteiger partial charge on any atom is -0.475 e. The maximum atomic E-state index is 11.9. The van der Waals surface area contributed by atoms with Crippen molar-refractivity contribution in [1.82, 2.24) is 15.0 Å². The van der Waals surface area contributed by atoms with Gasteiger partial charge in [-0.1, -0.05) is 11.6 Å². The highest BCUT2D eigenvalue weighted by Gasteiger charge is 2.09. The molecule has 1 amide bonds. The molecule has 0 fully saturated rings. The zero-order chi connectivity index (χ0) is 15.1. The van der Waals surface area contributed by atoms with Crippen LogP contribution in [0.25, 0.3) is 0 Å². The molecule has 0 atom stereocenters. The summed E-state index contributed by atoms with van der Waals surface area (Å²) in [6.07, 6.45) is 4.17. The molecular formula is C13H13ClN4O3. The Morgan fingerprint density at radius 2 is 2.14 bits per heavy atom. The summed E-state index contributed by atoms with van der Waals surface area (Å²) in [5, 5.41) is 2.79. The number of pyridine rings is 1. The lowest BCUT2D eigenvalue weighted by molar-refractivity contribution is 0.102. The molecule has 2 rings (SSSR count). The van der Waals surface area contributed by atoms with Gasteiger partial charge in [-0.2, -0.15) is 0 Å². The number of carbonyl (C=O) groups excluding carboxylic acids is 1. The zero-order valence-electron chi connectivity index (χ0n) is 11.2. The first-order chi connectivity index (χ1) is 10.2. The summed E-state index contributed by atoms with van der Waals surface area (Å²) in [7, 11) is 1.59. The van der Waals surface area contributed by atoms with E-state index in [9.17, 15) is 4.79 Å². The number of nitrogens with zero attached hydrogens (tertiary/aromatic N) is 3.